The van der Waals surface area contributed by atoms with Crippen LogP contribution < -0.4 is 5.32 Å². The van der Waals surface area contributed by atoms with Gasteiger partial charge in [-0.1, -0.05) is 6.07 Å². The molecule has 0 saturated carbocycles. The second kappa shape index (κ2) is 6.78. The lowest BCUT2D eigenvalue weighted by molar-refractivity contribution is -0.120. The van der Waals surface area contributed by atoms with Crippen LogP contribution in [0, 0.1) is 0 Å². The highest BCUT2D eigenvalue weighted by Gasteiger charge is 2.11. The van der Waals surface area contributed by atoms with E-state index >= 15 is 0 Å². The maximum atomic E-state index is 11.8. The molecular weight excluding hydrogens is 302 g/mol. The molecule has 0 atom stereocenters. The molecule has 0 saturated heterocycles. The average Bonchev–Trinajstić information content (AvgIpc) is 2.48. The summed E-state index contributed by atoms with van der Waals surface area (Å²) >= 11 is 0. The molecule has 0 fully saturated rings. The zero-order chi connectivity index (χ0) is 17.0. The van der Waals surface area contributed by atoms with Gasteiger partial charge in [-0.2, -0.15) is 0 Å². The average molecular weight is 319 g/mol. The number of aromatic hydroxyl groups is 5. The van der Waals surface area contributed by atoms with Crippen molar-refractivity contribution in [1.82, 2.24) is 5.32 Å². The highest BCUT2D eigenvalue weighted by atomic mass is 16.3. The molecule has 2 aromatic carbocycles. The van der Waals surface area contributed by atoms with Crippen LogP contribution in [-0.4, -0.2) is 38.0 Å². The summed E-state index contributed by atoms with van der Waals surface area (Å²) in [6.07, 6.45) is 0.397. The fourth-order valence-corrected chi connectivity index (χ4v) is 2.08. The Labute approximate surface area is 132 Å². The Morgan fingerprint density at radius 2 is 1.43 bits per heavy atom. The quantitative estimate of drug-likeness (QED) is 0.458. The van der Waals surface area contributed by atoms with Crippen molar-refractivity contribution in [2.24, 2.45) is 0 Å². The molecule has 0 radical (unpaired) electrons. The minimum absolute atomic E-state index is 0.0672. The first kappa shape index (κ1) is 16.3. The number of hydrogen-bond acceptors (Lipinski definition) is 6. The summed E-state index contributed by atoms with van der Waals surface area (Å²) in [6.45, 7) is 0.319. The van der Waals surface area contributed by atoms with Crippen molar-refractivity contribution in [2.45, 2.75) is 12.8 Å². The Morgan fingerprint density at radius 1 is 0.826 bits per heavy atom. The zero-order valence-electron chi connectivity index (χ0n) is 12.2. The number of carbonyl (C=O) groups excluding carboxylic acids is 1. The van der Waals surface area contributed by atoms with Gasteiger partial charge in [-0.25, -0.2) is 0 Å². The lowest BCUT2D eigenvalue weighted by Gasteiger charge is -2.08. The number of nitrogens with one attached hydrogen (secondary N) is 1. The fraction of sp³-hybridized carbons (Fsp3) is 0.188. The molecule has 2 rings (SSSR count). The van der Waals surface area contributed by atoms with Crippen LogP contribution in [0.4, 0.5) is 0 Å². The van der Waals surface area contributed by atoms with Crippen LogP contribution in [-0.2, 0) is 17.6 Å². The summed E-state index contributed by atoms with van der Waals surface area (Å²) in [5, 5.41) is 49.2. The van der Waals surface area contributed by atoms with E-state index in [1.807, 2.05) is 0 Å². The molecule has 0 unspecified atom stereocenters. The fourth-order valence-electron chi connectivity index (χ4n) is 2.08. The Kier molecular flexibility index (Phi) is 4.80. The van der Waals surface area contributed by atoms with Gasteiger partial charge in [0.25, 0.3) is 0 Å². The minimum atomic E-state index is -0.624. The lowest BCUT2D eigenvalue weighted by atomic mass is 10.1. The van der Waals surface area contributed by atoms with Crippen molar-refractivity contribution in [3.05, 3.63) is 41.5 Å². The SMILES string of the molecule is O=C(Cc1cc(O)c(O)c(O)c1)NCCc1ccc(O)c(O)c1. The molecule has 1 amide bonds. The van der Waals surface area contributed by atoms with Gasteiger partial charge >= 0.3 is 0 Å². The second-order valence-electron chi connectivity index (χ2n) is 5.08. The smallest absolute Gasteiger partial charge is 0.224 e. The molecule has 2 aromatic rings. The van der Waals surface area contributed by atoms with E-state index in [1.165, 1.54) is 24.3 Å². The molecule has 7 nitrogen and oxygen atoms in total. The Balaban J connectivity index is 1.87. The molecular formula is C16H17NO6. The van der Waals surface area contributed by atoms with E-state index in [0.29, 0.717) is 18.5 Å². The third kappa shape index (κ3) is 4.19. The number of phenolic OH excluding ortho intramolecular Hbond substituents is 5. The molecule has 0 aromatic heterocycles. The van der Waals surface area contributed by atoms with Crippen molar-refractivity contribution < 1.29 is 30.3 Å². The normalized spacial score (nSPS) is 10.4. The molecule has 0 aliphatic heterocycles. The van der Waals surface area contributed by atoms with E-state index in [9.17, 15) is 30.3 Å². The predicted molar refractivity (Wildman–Crippen MR) is 81.6 cm³/mol. The highest BCUT2D eigenvalue weighted by Crippen LogP contribution is 2.35. The number of phenols is 5. The first-order valence-electron chi connectivity index (χ1n) is 6.88. The van der Waals surface area contributed by atoms with Crippen LogP contribution in [0.15, 0.2) is 30.3 Å². The molecule has 0 bridgehead atoms. The van der Waals surface area contributed by atoms with Gasteiger partial charge in [-0.3, -0.25) is 4.79 Å². The van der Waals surface area contributed by atoms with E-state index < -0.39 is 17.2 Å². The summed E-state index contributed by atoms with van der Waals surface area (Å²) in [7, 11) is 0. The maximum Gasteiger partial charge on any atom is 0.224 e. The van der Waals surface area contributed by atoms with Gasteiger partial charge in [0.05, 0.1) is 6.42 Å². The standard InChI is InChI=1S/C16H17NO6/c18-11-2-1-9(5-12(11)19)3-4-17-15(22)8-10-6-13(20)16(23)14(21)7-10/h1-2,5-7,18-21,23H,3-4,8H2,(H,17,22). The summed E-state index contributed by atoms with van der Waals surface area (Å²) < 4.78 is 0. The van der Waals surface area contributed by atoms with Crippen molar-refractivity contribution >= 4 is 5.91 Å². The maximum absolute atomic E-state index is 11.8. The largest absolute Gasteiger partial charge is 0.504 e. The number of amides is 1. The van der Waals surface area contributed by atoms with Gasteiger partial charge in [0.1, 0.15) is 0 Å². The summed E-state index contributed by atoms with van der Waals surface area (Å²) in [5.74, 6) is -2.35. The van der Waals surface area contributed by atoms with Gasteiger partial charge in [0.2, 0.25) is 5.91 Å². The van der Waals surface area contributed by atoms with E-state index in [0.717, 1.165) is 5.56 Å². The summed E-state index contributed by atoms with van der Waals surface area (Å²) in [5.41, 5.74) is 1.11. The number of benzene rings is 2. The van der Waals surface area contributed by atoms with Crippen LogP contribution in [0.2, 0.25) is 0 Å². The van der Waals surface area contributed by atoms with Gasteiger partial charge in [-0.15, -0.1) is 0 Å². The Bertz CT molecular complexity index is 706. The predicted octanol–water partition coefficient (Wildman–Crippen LogP) is 1.12. The number of carbonyl (C=O) groups is 1. The third-order valence-electron chi connectivity index (χ3n) is 3.27. The first-order chi connectivity index (χ1) is 10.9. The van der Waals surface area contributed by atoms with Crippen LogP contribution >= 0.6 is 0 Å². The molecule has 0 heterocycles. The van der Waals surface area contributed by atoms with Crippen LogP contribution in [0.1, 0.15) is 11.1 Å². The van der Waals surface area contributed by atoms with E-state index in [-0.39, 0.29) is 23.8 Å². The van der Waals surface area contributed by atoms with Crippen LogP contribution in [0.5, 0.6) is 28.7 Å². The van der Waals surface area contributed by atoms with E-state index in [1.54, 1.807) is 6.07 Å². The van der Waals surface area contributed by atoms with Crippen molar-refractivity contribution in [2.75, 3.05) is 6.54 Å². The lowest BCUT2D eigenvalue weighted by Crippen LogP contribution is -2.27. The number of hydrogen-bond donors (Lipinski definition) is 6. The number of rotatable bonds is 5. The van der Waals surface area contributed by atoms with Crippen molar-refractivity contribution in [1.29, 1.82) is 0 Å². The highest BCUT2D eigenvalue weighted by molar-refractivity contribution is 5.79. The summed E-state index contributed by atoms with van der Waals surface area (Å²) in [6, 6.07) is 6.82. The van der Waals surface area contributed by atoms with Crippen LogP contribution in [0.3, 0.4) is 0 Å². The van der Waals surface area contributed by atoms with Gasteiger partial charge < -0.3 is 30.8 Å². The third-order valence-corrected chi connectivity index (χ3v) is 3.27. The zero-order valence-corrected chi connectivity index (χ0v) is 12.2. The molecule has 6 N–H and O–H groups in total. The van der Waals surface area contributed by atoms with Crippen LogP contribution in [0.25, 0.3) is 0 Å². The first-order valence-corrected chi connectivity index (χ1v) is 6.88. The second-order valence-corrected chi connectivity index (χ2v) is 5.08. The van der Waals surface area contributed by atoms with Gasteiger partial charge in [0.15, 0.2) is 28.7 Å². The molecule has 23 heavy (non-hydrogen) atoms. The molecule has 0 aliphatic rings. The minimum Gasteiger partial charge on any atom is -0.504 e. The summed E-state index contributed by atoms with van der Waals surface area (Å²) in [4.78, 5) is 11.8. The van der Waals surface area contributed by atoms with Crippen molar-refractivity contribution in [3.8, 4) is 28.7 Å². The molecule has 7 heteroatoms. The molecule has 122 valence electrons. The molecule has 0 aliphatic carbocycles. The van der Waals surface area contributed by atoms with E-state index in [2.05, 4.69) is 5.32 Å². The Hall–Kier alpha value is -3.09. The Morgan fingerprint density at radius 3 is 2.04 bits per heavy atom. The van der Waals surface area contributed by atoms with Gasteiger partial charge in [0, 0.05) is 6.54 Å². The van der Waals surface area contributed by atoms with Gasteiger partial charge in [-0.05, 0) is 41.8 Å². The van der Waals surface area contributed by atoms with E-state index in [4.69, 9.17) is 0 Å². The monoisotopic (exact) mass is 319 g/mol. The van der Waals surface area contributed by atoms with Crippen molar-refractivity contribution in [3.63, 3.8) is 0 Å². The molecule has 0 spiro atoms. The topological polar surface area (TPSA) is 130 Å².